The van der Waals surface area contributed by atoms with Gasteiger partial charge in [0.1, 0.15) is 12.6 Å². The highest BCUT2D eigenvalue weighted by Crippen LogP contribution is 2.38. The second kappa shape index (κ2) is 17.5. The average molecular weight is 435 g/mol. The lowest BCUT2D eigenvalue weighted by Gasteiger charge is -2.27. The SMILES string of the molecule is CCCCCCCCCCCCCCCCC=CC(C[N+](C)(C)C)OP(=O)(O)O. The van der Waals surface area contributed by atoms with Gasteiger partial charge in [-0.25, -0.2) is 4.57 Å². The van der Waals surface area contributed by atoms with E-state index in [1.54, 1.807) is 0 Å². The van der Waals surface area contributed by atoms with Gasteiger partial charge in [0.2, 0.25) is 0 Å². The number of unbranched alkanes of at least 4 members (excludes halogenated alkanes) is 14. The van der Waals surface area contributed by atoms with E-state index in [1.165, 1.54) is 83.5 Å². The summed E-state index contributed by atoms with van der Waals surface area (Å²) in [5, 5.41) is 0. The quantitative estimate of drug-likeness (QED) is 0.0980. The maximum absolute atomic E-state index is 11.1. The summed E-state index contributed by atoms with van der Waals surface area (Å²) >= 11 is 0. The minimum Gasteiger partial charge on any atom is -0.328 e. The van der Waals surface area contributed by atoms with Crippen molar-refractivity contribution in [2.45, 2.75) is 109 Å². The van der Waals surface area contributed by atoms with Crippen LogP contribution in [0.5, 0.6) is 0 Å². The molecule has 0 saturated heterocycles. The Morgan fingerprint density at radius 3 is 1.59 bits per heavy atom. The zero-order valence-corrected chi connectivity index (χ0v) is 20.5. The maximum atomic E-state index is 11.1. The summed E-state index contributed by atoms with van der Waals surface area (Å²) in [4.78, 5) is 18.1. The van der Waals surface area contributed by atoms with Gasteiger partial charge < -0.3 is 14.3 Å². The van der Waals surface area contributed by atoms with E-state index in [9.17, 15) is 4.57 Å². The van der Waals surface area contributed by atoms with E-state index in [2.05, 4.69) is 6.92 Å². The summed E-state index contributed by atoms with van der Waals surface area (Å²) in [7, 11) is 1.49. The number of nitrogens with zero attached hydrogens (tertiary/aromatic N) is 1. The fraction of sp³-hybridized carbons (Fsp3) is 0.913. The summed E-state index contributed by atoms with van der Waals surface area (Å²) < 4.78 is 16.6. The first-order valence-corrected chi connectivity index (χ1v) is 13.4. The van der Waals surface area contributed by atoms with Gasteiger partial charge >= 0.3 is 7.82 Å². The van der Waals surface area contributed by atoms with E-state index in [0.29, 0.717) is 11.0 Å². The van der Waals surface area contributed by atoms with Crippen LogP contribution >= 0.6 is 7.82 Å². The number of likely N-dealkylation sites (N-methyl/N-ethyl adjacent to an activating group) is 1. The first kappa shape index (κ1) is 28.8. The van der Waals surface area contributed by atoms with Crippen LogP contribution < -0.4 is 0 Å². The van der Waals surface area contributed by atoms with Crippen molar-refractivity contribution in [3.63, 3.8) is 0 Å². The largest absolute Gasteiger partial charge is 0.470 e. The molecule has 6 heteroatoms. The van der Waals surface area contributed by atoms with E-state index in [-0.39, 0.29) is 0 Å². The average Bonchev–Trinajstić information content (AvgIpc) is 2.58. The minimum atomic E-state index is -4.46. The molecular weight excluding hydrogens is 385 g/mol. The monoisotopic (exact) mass is 434 g/mol. The van der Waals surface area contributed by atoms with Crippen LogP contribution in [0.1, 0.15) is 103 Å². The van der Waals surface area contributed by atoms with Crippen molar-refractivity contribution in [2.75, 3.05) is 27.7 Å². The molecule has 0 aliphatic carbocycles. The Morgan fingerprint density at radius 1 is 0.793 bits per heavy atom. The van der Waals surface area contributed by atoms with Crippen molar-refractivity contribution in [2.24, 2.45) is 0 Å². The molecule has 1 unspecified atom stereocenters. The first-order valence-electron chi connectivity index (χ1n) is 11.8. The van der Waals surface area contributed by atoms with E-state index in [0.717, 1.165) is 12.8 Å². The van der Waals surface area contributed by atoms with Gasteiger partial charge in [-0.05, 0) is 12.8 Å². The smallest absolute Gasteiger partial charge is 0.328 e. The molecule has 0 aliphatic rings. The van der Waals surface area contributed by atoms with Crippen LogP contribution in [0, 0.1) is 0 Å². The van der Waals surface area contributed by atoms with Crippen molar-refractivity contribution in [3.05, 3.63) is 12.2 Å². The molecular formula is C23H49NO4P+. The number of rotatable bonds is 20. The zero-order valence-electron chi connectivity index (χ0n) is 19.7. The van der Waals surface area contributed by atoms with Gasteiger partial charge in [-0.15, -0.1) is 0 Å². The normalized spacial score (nSPS) is 14.0. The molecule has 0 aromatic rings. The topological polar surface area (TPSA) is 66.8 Å². The van der Waals surface area contributed by atoms with Crippen molar-refractivity contribution in [1.29, 1.82) is 0 Å². The van der Waals surface area contributed by atoms with Crippen LogP contribution in [0.3, 0.4) is 0 Å². The van der Waals surface area contributed by atoms with Gasteiger partial charge in [0, 0.05) is 0 Å². The van der Waals surface area contributed by atoms with E-state index >= 15 is 0 Å². The number of phosphoric ester groups is 1. The molecule has 0 aromatic heterocycles. The molecule has 0 rings (SSSR count). The summed E-state index contributed by atoms with van der Waals surface area (Å²) in [6.45, 7) is 2.80. The van der Waals surface area contributed by atoms with Crippen LogP contribution in [0.4, 0.5) is 0 Å². The molecule has 2 N–H and O–H groups in total. The summed E-state index contributed by atoms with van der Waals surface area (Å²) in [5.74, 6) is 0. The molecule has 0 radical (unpaired) electrons. The highest BCUT2D eigenvalue weighted by molar-refractivity contribution is 7.46. The van der Waals surface area contributed by atoms with Gasteiger partial charge in [-0.1, -0.05) is 103 Å². The lowest BCUT2D eigenvalue weighted by atomic mass is 10.0. The fourth-order valence-corrected chi connectivity index (χ4v) is 4.04. The maximum Gasteiger partial charge on any atom is 0.470 e. The Morgan fingerprint density at radius 2 is 1.21 bits per heavy atom. The Kier molecular flexibility index (Phi) is 17.4. The van der Waals surface area contributed by atoms with Crippen molar-refractivity contribution in [3.8, 4) is 0 Å². The van der Waals surface area contributed by atoms with Gasteiger partial charge in [0.05, 0.1) is 21.1 Å². The third-order valence-electron chi connectivity index (χ3n) is 5.08. The molecule has 0 aromatic carbocycles. The molecule has 0 spiro atoms. The van der Waals surface area contributed by atoms with Crippen molar-refractivity contribution < 1.29 is 23.4 Å². The van der Waals surface area contributed by atoms with E-state index < -0.39 is 13.9 Å². The Labute approximate surface area is 180 Å². The summed E-state index contributed by atoms with van der Waals surface area (Å²) in [6, 6.07) is 0. The number of hydrogen-bond donors (Lipinski definition) is 2. The minimum absolute atomic E-state index is 0.528. The summed E-state index contributed by atoms with van der Waals surface area (Å²) in [6.07, 6.45) is 23.1. The van der Waals surface area contributed by atoms with Crippen LogP contribution in [0.2, 0.25) is 0 Å². The van der Waals surface area contributed by atoms with Gasteiger partial charge in [0.15, 0.2) is 0 Å². The Balaban J connectivity index is 3.63. The predicted octanol–water partition coefficient (Wildman–Crippen LogP) is 6.60. The molecule has 0 bridgehead atoms. The van der Waals surface area contributed by atoms with Gasteiger partial charge in [-0.3, -0.25) is 4.52 Å². The molecule has 0 fully saturated rings. The number of hydrogen-bond acceptors (Lipinski definition) is 2. The number of phosphoric acid groups is 1. The molecule has 0 amide bonds. The van der Waals surface area contributed by atoms with Crippen LogP contribution in [0.25, 0.3) is 0 Å². The summed E-state index contributed by atoms with van der Waals surface area (Å²) in [5.41, 5.74) is 0. The van der Waals surface area contributed by atoms with Crippen molar-refractivity contribution >= 4 is 7.82 Å². The lowest BCUT2D eigenvalue weighted by Crippen LogP contribution is -2.41. The standard InChI is InChI=1S/C23H48NO4P/c1-5-6-7-8-9-10-11-12-13-14-15-16-17-18-19-20-21-23(22-24(2,3)4)28-29(25,26)27/h20-21,23H,5-19,22H2,1-4H3,(H-,25,26,27)/p+1. The highest BCUT2D eigenvalue weighted by Gasteiger charge is 2.24. The second-order valence-electron chi connectivity index (χ2n) is 9.42. The number of allylic oxidation sites excluding steroid dienone is 1. The molecule has 5 nitrogen and oxygen atoms in total. The zero-order chi connectivity index (χ0) is 22.0. The lowest BCUT2D eigenvalue weighted by molar-refractivity contribution is -0.872. The second-order valence-corrected chi connectivity index (χ2v) is 10.6. The molecule has 29 heavy (non-hydrogen) atoms. The van der Waals surface area contributed by atoms with Crippen LogP contribution in [-0.4, -0.2) is 48.1 Å². The van der Waals surface area contributed by atoms with Crippen LogP contribution in [-0.2, 0) is 9.09 Å². The number of quaternary nitrogens is 1. The third kappa shape index (κ3) is 24.0. The van der Waals surface area contributed by atoms with Crippen molar-refractivity contribution in [1.82, 2.24) is 0 Å². The van der Waals surface area contributed by atoms with E-state index in [1.807, 2.05) is 33.3 Å². The van der Waals surface area contributed by atoms with Crippen LogP contribution in [0.15, 0.2) is 12.2 Å². The Bertz CT molecular complexity index is 443. The molecule has 0 saturated carbocycles. The molecule has 1 atom stereocenters. The molecule has 0 aliphatic heterocycles. The molecule has 0 heterocycles. The third-order valence-corrected chi connectivity index (χ3v) is 5.62. The Hall–Kier alpha value is -0.190. The first-order chi connectivity index (χ1) is 13.6. The predicted molar refractivity (Wildman–Crippen MR) is 124 cm³/mol. The fourth-order valence-electron chi connectivity index (χ4n) is 3.55. The van der Waals surface area contributed by atoms with E-state index in [4.69, 9.17) is 14.3 Å². The van der Waals surface area contributed by atoms with Gasteiger partial charge in [0.25, 0.3) is 0 Å². The highest BCUT2D eigenvalue weighted by atomic mass is 31.2. The molecule has 174 valence electrons. The van der Waals surface area contributed by atoms with Gasteiger partial charge in [-0.2, -0.15) is 0 Å².